The van der Waals surface area contributed by atoms with E-state index in [0.717, 1.165) is 16.2 Å². The Balaban J connectivity index is 1.75. The molecule has 182 valence electrons. The minimum atomic E-state index is -1.35. The number of rotatable bonds is 9. The first kappa shape index (κ1) is 25.5. The van der Waals surface area contributed by atoms with Gasteiger partial charge in [-0.25, -0.2) is 9.78 Å². The van der Waals surface area contributed by atoms with Crippen LogP contribution in [-0.4, -0.2) is 87.1 Å². The first-order valence-corrected chi connectivity index (χ1v) is 11.9. The number of aliphatic carboxylic acids is 1. The Bertz CT molecular complexity index is 1100. The van der Waals surface area contributed by atoms with Crippen LogP contribution in [0, 0.1) is 0 Å². The van der Waals surface area contributed by atoms with Crippen molar-refractivity contribution in [3.63, 3.8) is 0 Å². The first-order valence-electron chi connectivity index (χ1n) is 9.45. The molecule has 16 heteroatoms. The quantitative estimate of drug-likeness (QED) is 0.129. The van der Waals surface area contributed by atoms with Gasteiger partial charge in [-0.3, -0.25) is 24.1 Å². The van der Waals surface area contributed by atoms with Crippen LogP contribution in [0.25, 0.3) is 0 Å². The fourth-order valence-electron chi connectivity index (χ4n) is 3.08. The summed E-state index contributed by atoms with van der Waals surface area (Å²) in [4.78, 5) is 69.8. The monoisotopic (exact) mass is 531 g/mol. The number of esters is 1. The molecule has 2 aliphatic heterocycles. The van der Waals surface area contributed by atoms with E-state index < -0.39 is 41.1 Å². The molecule has 0 aliphatic carbocycles. The number of anilines is 1. The number of fused-ring (bicyclic) bond motifs is 1. The molecule has 34 heavy (non-hydrogen) atoms. The maximum atomic E-state index is 12.9. The average molecular weight is 532 g/mol. The Kier molecular flexibility index (Phi) is 8.11. The summed E-state index contributed by atoms with van der Waals surface area (Å²) in [6, 6.07) is -1.03. The molecule has 13 nitrogen and oxygen atoms in total. The molecule has 2 aliphatic rings. The highest BCUT2D eigenvalue weighted by atomic mass is 35.5. The van der Waals surface area contributed by atoms with Gasteiger partial charge in [0.1, 0.15) is 42.4 Å². The molecule has 0 saturated carbocycles. The van der Waals surface area contributed by atoms with Gasteiger partial charge in [0.25, 0.3) is 11.8 Å². The molecule has 1 aromatic heterocycles. The SMILES string of the molecule is CO/N=C(\C(=O)NC1C(=O)N2C(C(=O)O)=C(COC(C)=O)CSC12)c1csc(NC(=O)CCl)n1. The number of thiazole rings is 1. The number of amides is 3. The zero-order valence-electron chi connectivity index (χ0n) is 17.7. The zero-order valence-corrected chi connectivity index (χ0v) is 20.1. The number of nitrogens with one attached hydrogen (secondary N) is 2. The smallest absolute Gasteiger partial charge is 0.352 e. The van der Waals surface area contributed by atoms with Gasteiger partial charge >= 0.3 is 11.9 Å². The van der Waals surface area contributed by atoms with E-state index in [4.69, 9.17) is 21.2 Å². The van der Waals surface area contributed by atoms with Gasteiger partial charge in [0, 0.05) is 23.6 Å². The van der Waals surface area contributed by atoms with Crippen LogP contribution < -0.4 is 10.6 Å². The lowest BCUT2D eigenvalue weighted by molar-refractivity contribution is -0.150. The van der Waals surface area contributed by atoms with Gasteiger partial charge in [-0.05, 0) is 0 Å². The lowest BCUT2D eigenvalue weighted by atomic mass is 10.0. The second-order valence-electron chi connectivity index (χ2n) is 6.74. The normalized spacial score (nSPS) is 19.7. The van der Waals surface area contributed by atoms with Crippen molar-refractivity contribution in [2.45, 2.75) is 18.3 Å². The molecule has 0 bridgehead atoms. The van der Waals surface area contributed by atoms with Crippen molar-refractivity contribution < 1.29 is 38.7 Å². The molecule has 3 amide bonds. The molecule has 3 rings (SSSR count). The number of carboxylic acids is 1. The fourth-order valence-corrected chi connectivity index (χ4v) is 5.19. The number of oxime groups is 1. The van der Waals surface area contributed by atoms with E-state index in [2.05, 4.69) is 20.8 Å². The Morgan fingerprint density at radius 3 is 2.74 bits per heavy atom. The van der Waals surface area contributed by atoms with Crippen LogP contribution in [0.4, 0.5) is 5.13 Å². The van der Waals surface area contributed by atoms with Gasteiger partial charge in [0.15, 0.2) is 10.8 Å². The van der Waals surface area contributed by atoms with Crippen molar-refractivity contribution in [3.8, 4) is 0 Å². The summed E-state index contributed by atoms with van der Waals surface area (Å²) in [5, 5.41) is 19.2. The number of thioether (sulfide) groups is 1. The number of hydrogen-bond acceptors (Lipinski definition) is 11. The third kappa shape index (κ3) is 5.31. The predicted octanol–water partition coefficient (Wildman–Crippen LogP) is -0.0274. The number of hydrogen-bond donors (Lipinski definition) is 3. The van der Waals surface area contributed by atoms with Gasteiger partial charge in [-0.2, -0.15) is 0 Å². The highest BCUT2D eigenvalue weighted by Gasteiger charge is 2.54. The standard InChI is InChI=1S/C18H18ClN5O8S2/c1-7(25)32-4-8-5-33-16-12(15(28)24(16)13(8)17(29)30)22-14(27)11(23-31-2)9-6-34-18(20-9)21-10(26)3-19/h6,12,16H,3-5H2,1-2H3,(H,22,27)(H,29,30)(H,20,21,26)/b23-11-. The number of carbonyl (C=O) groups excluding carboxylic acids is 4. The van der Waals surface area contributed by atoms with E-state index in [1.54, 1.807) is 0 Å². The van der Waals surface area contributed by atoms with Crippen molar-refractivity contribution in [3.05, 3.63) is 22.3 Å². The van der Waals surface area contributed by atoms with Crippen LogP contribution in [0.2, 0.25) is 0 Å². The summed E-state index contributed by atoms with van der Waals surface area (Å²) in [6.45, 7) is 0.935. The maximum absolute atomic E-state index is 12.9. The second kappa shape index (κ2) is 10.8. The number of carboxylic acid groups (broad SMARTS) is 1. The molecular weight excluding hydrogens is 514 g/mol. The molecule has 1 saturated heterocycles. The van der Waals surface area contributed by atoms with Crippen molar-refractivity contribution in [1.29, 1.82) is 0 Å². The molecule has 2 atom stereocenters. The number of ether oxygens (including phenoxy) is 1. The second-order valence-corrected chi connectivity index (χ2v) is 8.97. The van der Waals surface area contributed by atoms with Crippen molar-refractivity contribution in [1.82, 2.24) is 15.2 Å². The largest absolute Gasteiger partial charge is 0.477 e. The van der Waals surface area contributed by atoms with E-state index >= 15 is 0 Å². The van der Waals surface area contributed by atoms with Gasteiger partial charge in [-0.15, -0.1) is 34.7 Å². The van der Waals surface area contributed by atoms with Crippen LogP contribution in [0.1, 0.15) is 12.6 Å². The topological polar surface area (TPSA) is 177 Å². The van der Waals surface area contributed by atoms with Crippen molar-refractivity contribution >= 4 is 75.2 Å². The van der Waals surface area contributed by atoms with Gasteiger partial charge < -0.3 is 25.3 Å². The predicted molar refractivity (Wildman–Crippen MR) is 121 cm³/mol. The summed E-state index contributed by atoms with van der Waals surface area (Å²) < 4.78 is 4.89. The summed E-state index contributed by atoms with van der Waals surface area (Å²) in [6.07, 6.45) is 0. The van der Waals surface area contributed by atoms with Gasteiger partial charge in [0.05, 0.1) is 0 Å². The van der Waals surface area contributed by atoms with Crippen LogP contribution in [-0.2, 0) is 33.5 Å². The molecular formula is C18H18ClN5O8S2. The van der Waals surface area contributed by atoms with E-state index in [1.807, 2.05) is 0 Å². The fraction of sp³-hybridized carbons (Fsp3) is 0.389. The summed E-state index contributed by atoms with van der Waals surface area (Å²) in [5.74, 6) is -3.93. The van der Waals surface area contributed by atoms with Crippen LogP contribution >= 0.6 is 34.7 Å². The Hall–Kier alpha value is -3.17. The number of aromatic nitrogens is 1. The lowest BCUT2D eigenvalue weighted by Crippen LogP contribution is -2.71. The number of alkyl halides is 1. The summed E-state index contributed by atoms with van der Waals surface area (Å²) >= 11 is 7.69. The van der Waals surface area contributed by atoms with Crippen molar-refractivity contribution in [2.75, 3.05) is 30.7 Å². The van der Waals surface area contributed by atoms with Crippen molar-refractivity contribution in [2.24, 2.45) is 5.16 Å². The molecule has 1 aromatic rings. The lowest BCUT2D eigenvalue weighted by Gasteiger charge is -2.49. The maximum Gasteiger partial charge on any atom is 0.352 e. The number of β-lactam (4-membered cyclic amide) rings is 1. The zero-order chi connectivity index (χ0) is 25.0. The van der Waals surface area contributed by atoms with Crippen LogP contribution in [0.3, 0.4) is 0 Å². The van der Waals surface area contributed by atoms with E-state index in [1.165, 1.54) is 31.2 Å². The Labute approximate surface area is 205 Å². The minimum absolute atomic E-state index is 0.0870. The number of halogens is 1. The number of carbonyl (C=O) groups is 5. The van der Waals surface area contributed by atoms with Crippen LogP contribution in [0.5, 0.6) is 0 Å². The minimum Gasteiger partial charge on any atom is -0.477 e. The molecule has 1 fully saturated rings. The highest BCUT2D eigenvalue weighted by Crippen LogP contribution is 2.40. The summed E-state index contributed by atoms with van der Waals surface area (Å²) in [5.41, 5.74) is -0.158. The Morgan fingerprint density at radius 1 is 1.38 bits per heavy atom. The van der Waals surface area contributed by atoms with E-state index in [9.17, 15) is 29.1 Å². The molecule has 3 heterocycles. The van der Waals surface area contributed by atoms with E-state index in [0.29, 0.717) is 0 Å². The molecule has 0 aromatic carbocycles. The molecule has 2 unspecified atom stereocenters. The Morgan fingerprint density at radius 2 is 2.12 bits per heavy atom. The summed E-state index contributed by atoms with van der Waals surface area (Å²) in [7, 11) is 1.22. The van der Waals surface area contributed by atoms with Gasteiger partial charge in [-0.1, -0.05) is 5.16 Å². The average Bonchev–Trinajstić information content (AvgIpc) is 3.26. The number of nitrogens with zero attached hydrogens (tertiary/aromatic N) is 3. The third-order valence-electron chi connectivity index (χ3n) is 4.50. The first-order chi connectivity index (χ1) is 16.2. The van der Waals surface area contributed by atoms with E-state index in [-0.39, 0.29) is 46.0 Å². The molecule has 0 radical (unpaired) electrons. The molecule has 3 N–H and O–H groups in total. The molecule has 0 spiro atoms. The van der Waals surface area contributed by atoms with Crippen LogP contribution in [0.15, 0.2) is 21.8 Å². The third-order valence-corrected chi connectivity index (χ3v) is 6.84. The highest BCUT2D eigenvalue weighted by molar-refractivity contribution is 8.00. The van der Waals surface area contributed by atoms with Gasteiger partial charge in [0.2, 0.25) is 5.91 Å².